The second-order valence-electron chi connectivity index (χ2n) is 5.21. The zero-order valence-corrected chi connectivity index (χ0v) is 13.8. The van der Waals surface area contributed by atoms with Crippen LogP contribution in [0.25, 0.3) is 0 Å². The van der Waals surface area contributed by atoms with Crippen LogP contribution in [0, 0.1) is 5.82 Å². The highest BCUT2D eigenvalue weighted by Gasteiger charge is 2.13. The Bertz CT molecular complexity index is 879. The molecule has 25 heavy (non-hydrogen) atoms. The van der Waals surface area contributed by atoms with E-state index in [9.17, 15) is 14.0 Å². The molecule has 0 aliphatic heterocycles. The number of nitrogens with zero attached hydrogens (tertiary/aromatic N) is 1. The van der Waals surface area contributed by atoms with E-state index < -0.39 is 5.91 Å². The van der Waals surface area contributed by atoms with Crippen LogP contribution in [0.1, 0.15) is 16.1 Å². The van der Waals surface area contributed by atoms with Crippen molar-refractivity contribution in [1.82, 2.24) is 4.98 Å². The summed E-state index contributed by atoms with van der Waals surface area (Å²) < 4.78 is 12.9. The molecule has 0 radical (unpaired) electrons. The molecule has 1 heterocycles. The lowest BCUT2D eigenvalue weighted by molar-refractivity contribution is -0.115. The molecular formula is C18H14FN3O2S. The maximum Gasteiger partial charge on any atom is 0.275 e. The summed E-state index contributed by atoms with van der Waals surface area (Å²) in [7, 11) is 0. The molecule has 0 aliphatic carbocycles. The molecule has 0 unspecified atom stereocenters. The Balaban J connectivity index is 1.59. The Morgan fingerprint density at radius 2 is 1.72 bits per heavy atom. The molecular weight excluding hydrogens is 341 g/mol. The summed E-state index contributed by atoms with van der Waals surface area (Å²) in [6.45, 7) is 0. The topological polar surface area (TPSA) is 71.1 Å². The first-order valence-electron chi connectivity index (χ1n) is 7.46. The number of rotatable bonds is 5. The van der Waals surface area contributed by atoms with Gasteiger partial charge in [-0.2, -0.15) is 0 Å². The van der Waals surface area contributed by atoms with Crippen LogP contribution in [-0.2, 0) is 11.2 Å². The third kappa shape index (κ3) is 4.71. The van der Waals surface area contributed by atoms with Crippen molar-refractivity contribution in [1.29, 1.82) is 0 Å². The van der Waals surface area contributed by atoms with Gasteiger partial charge >= 0.3 is 0 Å². The maximum atomic E-state index is 12.9. The van der Waals surface area contributed by atoms with Gasteiger partial charge in [-0.1, -0.05) is 30.3 Å². The number of anilines is 2. The van der Waals surface area contributed by atoms with Gasteiger partial charge in [-0.3, -0.25) is 9.59 Å². The Morgan fingerprint density at radius 3 is 2.44 bits per heavy atom. The van der Waals surface area contributed by atoms with E-state index >= 15 is 0 Å². The fourth-order valence-electron chi connectivity index (χ4n) is 2.11. The molecule has 0 aliphatic rings. The number of nitrogens with one attached hydrogen (secondary N) is 2. The first kappa shape index (κ1) is 16.8. The first-order valence-corrected chi connectivity index (χ1v) is 8.34. The van der Waals surface area contributed by atoms with Crippen LogP contribution in [0.4, 0.5) is 15.2 Å². The minimum atomic E-state index is -0.425. The average molecular weight is 355 g/mol. The highest BCUT2D eigenvalue weighted by molar-refractivity contribution is 7.14. The molecule has 2 amide bonds. The molecule has 0 spiro atoms. The van der Waals surface area contributed by atoms with Crippen LogP contribution in [0.2, 0.25) is 0 Å². The summed E-state index contributed by atoms with van der Waals surface area (Å²) in [5, 5.41) is 7.20. The van der Waals surface area contributed by atoms with E-state index in [2.05, 4.69) is 15.6 Å². The van der Waals surface area contributed by atoms with E-state index in [1.54, 1.807) is 5.38 Å². The predicted molar refractivity (Wildman–Crippen MR) is 95.2 cm³/mol. The maximum absolute atomic E-state index is 12.9. The van der Waals surface area contributed by atoms with Crippen molar-refractivity contribution in [3.05, 3.63) is 77.1 Å². The third-order valence-electron chi connectivity index (χ3n) is 3.29. The Labute approximate surface area is 147 Å². The Kier molecular flexibility index (Phi) is 5.15. The zero-order chi connectivity index (χ0) is 17.6. The zero-order valence-electron chi connectivity index (χ0n) is 13.0. The van der Waals surface area contributed by atoms with Gasteiger partial charge in [0.05, 0.1) is 6.42 Å². The third-order valence-corrected chi connectivity index (χ3v) is 4.05. The summed E-state index contributed by atoms with van der Waals surface area (Å²) in [4.78, 5) is 28.2. The molecule has 2 N–H and O–H groups in total. The molecule has 126 valence electrons. The molecule has 7 heteroatoms. The van der Waals surface area contributed by atoms with E-state index in [1.807, 2.05) is 30.3 Å². The highest BCUT2D eigenvalue weighted by Crippen LogP contribution is 2.17. The molecule has 5 nitrogen and oxygen atoms in total. The predicted octanol–water partition coefficient (Wildman–Crippen LogP) is 3.72. The number of amides is 2. The molecule has 0 bridgehead atoms. The van der Waals surface area contributed by atoms with Gasteiger partial charge in [0.25, 0.3) is 5.91 Å². The Hall–Kier alpha value is -3.06. The van der Waals surface area contributed by atoms with Gasteiger partial charge in [0, 0.05) is 11.1 Å². The van der Waals surface area contributed by atoms with Crippen molar-refractivity contribution in [2.75, 3.05) is 10.6 Å². The fourth-order valence-corrected chi connectivity index (χ4v) is 2.82. The van der Waals surface area contributed by atoms with Gasteiger partial charge in [0.15, 0.2) is 5.13 Å². The first-order chi connectivity index (χ1) is 12.1. The second-order valence-corrected chi connectivity index (χ2v) is 6.07. The number of hydrogen-bond donors (Lipinski definition) is 2. The van der Waals surface area contributed by atoms with Crippen LogP contribution in [-0.4, -0.2) is 16.8 Å². The standard InChI is InChI=1S/C18H14FN3O2S/c19-13-6-8-14(9-7-13)20-17(24)15-11-25-18(21-15)22-16(23)10-12-4-2-1-3-5-12/h1-9,11H,10H2,(H,20,24)(H,21,22,23). The van der Waals surface area contributed by atoms with Crippen LogP contribution in [0.5, 0.6) is 0 Å². The number of carbonyl (C=O) groups is 2. The molecule has 2 aromatic carbocycles. The normalized spacial score (nSPS) is 10.3. The van der Waals surface area contributed by atoms with Gasteiger partial charge in [-0.15, -0.1) is 11.3 Å². The molecule has 0 atom stereocenters. The monoisotopic (exact) mass is 355 g/mol. The lowest BCUT2D eigenvalue weighted by Crippen LogP contribution is -2.15. The number of hydrogen-bond acceptors (Lipinski definition) is 4. The molecule has 0 saturated carbocycles. The molecule has 1 aromatic heterocycles. The Morgan fingerprint density at radius 1 is 1.00 bits per heavy atom. The lowest BCUT2D eigenvalue weighted by Gasteiger charge is -2.03. The smallest absolute Gasteiger partial charge is 0.275 e. The van der Waals surface area contributed by atoms with E-state index in [4.69, 9.17) is 0 Å². The van der Waals surface area contributed by atoms with Crippen molar-refractivity contribution in [3.8, 4) is 0 Å². The van der Waals surface area contributed by atoms with Gasteiger partial charge in [0.1, 0.15) is 11.5 Å². The molecule has 3 aromatic rings. The van der Waals surface area contributed by atoms with Gasteiger partial charge in [-0.25, -0.2) is 9.37 Å². The summed E-state index contributed by atoms with van der Waals surface area (Å²) in [6, 6.07) is 14.8. The van der Waals surface area contributed by atoms with Crippen LogP contribution < -0.4 is 10.6 Å². The van der Waals surface area contributed by atoms with Gasteiger partial charge in [-0.05, 0) is 29.8 Å². The van der Waals surface area contributed by atoms with Crippen LogP contribution in [0.15, 0.2) is 60.0 Å². The number of halogens is 1. The quantitative estimate of drug-likeness (QED) is 0.733. The summed E-state index contributed by atoms with van der Waals surface area (Å²) >= 11 is 1.17. The summed E-state index contributed by atoms with van der Waals surface area (Å²) in [5.41, 5.74) is 1.55. The van der Waals surface area contributed by atoms with E-state index in [-0.39, 0.29) is 23.8 Å². The largest absolute Gasteiger partial charge is 0.321 e. The minimum Gasteiger partial charge on any atom is -0.321 e. The minimum absolute atomic E-state index is 0.185. The fraction of sp³-hybridized carbons (Fsp3) is 0.0556. The highest BCUT2D eigenvalue weighted by atomic mass is 32.1. The molecule has 3 rings (SSSR count). The van der Waals surface area contributed by atoms with Crippen molar-refractivity contribution < 1.29 is 14.0 Å². The lowest BCUT2D eigenvalue weighted by atomic mass is 10.1. The number of thiazole rings is 1. The van der Waals surface area contributed by atoms with Crippen molar-refractivity contribution >= 4 is 34.0 Å². The van der Waals surface area contributed by atoms with Crippen LogP contribution in [0.3, 0.4) is 0 Å². The SMILES string of the molecule is O=C(Cc1ccccc1)Nc1nc(C(=O)Nc2ccc(F)cc2)cs1. The average Bonchev–Trinajstić information content (AvgIpc) is 3.06. The summed E-state index contributed by atoms with van der Waals surface area (Å²) in [6.07, 6.45) is 0.234. The van der Waals surface area contributed by atoms with Crippen LogP contribution >= 0.6 is 11.3 Å². The van der Waals surface area contributed by atoms with E-state index in [0.717, 1.165) is 5.56 Å². The second kappa shape index (κ2) is 7.67. The van der Waals surface area contributed by atoms with Gasteiger partial charge < -0.3 is 10.6 Å². The number of aromatic nitrogens is 1. The van der Waals surface area contributed by atoms with E-state index in [1.165, 1.54) is 35.6 Å². The van der Waals surface area contributed by atoms with Crippen molar-refractivity contribution in [2.45, 2.75) is 6.42 Å². The van der Waals surface area contributed by atoms with Crippen molar-refractivity contribution in [2.24, 2.45) is 0 Å². The molecule has 0 saturated heterocycles. The molecule has 0 fully saturated rings. The summed E-state index contributed by atoms with van der Waals surface area (Å²) in [5.74, 6) is -1.01. The van der Waals surface area contributed by atoms with Gasteiger partial charge in [0.2, 0.25) is 5.91 Å². The van der Waals surface area contributed by atoms with E-state index in [0.29, 0.717) is 10.8 Å². The van der Waals surface area contributed by atoms with Crippen molar-refractivity contribution in [3.63, 3.8) is 0 Å². The number of benzene rings is 2. The number of carbonyl (C=O) groups excluding carboxylic acids is 2.